The summed E-state index contributed by atoms with van der Waals surface area (Å²) >= 11 is 5.91. The monoisotopic (exact) mass is 224 g/mol. The van der Waals surface area contributed by atoms with Gasteiger partial charge in [0.05, 0.1) is 5.39 Å². The van der Waals surface area contributed by atoms with Crippen LogP contribution in [0.1, 0.15) is 13.8 Å². The topological polar surface area (TPSA) is 38.1 Å². The Bertz CT molecular complexity index is 465. The van der Waals surface area contributed by atoms with Gasteiger partial charge in [-0.05, 0) is 24.1 Å². The van der Waals surface area contributed by atoms with Crippen molar-refractivity contribution in [2.24, 2.45) is 5.92 Å². The molecule has 1 aromatic carbocycles. The van der Waals surface area contributed by atoms with Crippen LogP contribution in [-0.2, 0) is 0 Å². The molecule has 0 saturated heterocycles. The van der Waals surface area contributed by atoms with Crippen LogP contribution in [0.15, 0.2) is 22.7 Å². The molecule has 0 radical (unpaired) electrons. The Labute approximate surface area is 93.4 Å². The minimum Gasteiger partial charge on any atom is -0.366 e. The summed E-state index contributed by atoms with van der Waals surface area (Å²) in [4.78, 5) is 0. The first-order valence-corrected chi connectivity index (χ1v) is 5.33. The fourth-order valence-electron chi connectivity index (χ4n) is 1.34. The number of nitrogens with zero attached hydrogens (tertiary/aromatic N) is 1. The first-order valence-electron chi connectivity index (χ1n) is 4.95. The number of anilines is 1. The van der Waals surface area contributed by atoms with E-state index in [2.05, 4.69) is 24.3 Å². The van der Waals surface area contributed by atoms with E-state index >= 15 is 0 Å². The maximum atomic E-state index is 5.91. The SMILES string of the molecule is CC(C)CNc1noc2ccc(Cl)cc12. The van der Waals surface area contributed by atoms with E-state index in [1.807, 2.05) is 12.1 Å². The number of hydrogen-bond donors (Lipinski definition) is 1. The number of aromatic nitrogens is 1. The Kier molecular flexibility index (Phi) is 2.82. The molecule has 0 saturated carbocycles. The molecule has 0 aliphatic rings. The average Bonchev–Trinajstić information content (AvgIpc) is 2.57. The van der Waals surface area contributed by atoms with Crippen molar-refractivity contribution in [3.05, 3.63) is 23.2 Å². The lowest BCUT2D eigenvalue weighted by atomic mass is 10.2. The summed E-state index contributed by atoms with van der Waals surface area (Å²) < 4.78 is 5.17. The summed E-state index contributed by atoms with van der Waals surface area (Å²) in [6, 6.07) is 5.47. The van der Waals surface area contributed by atoms with E-state index in [-0.39, 0.29) is 0 Å². The van der Waals surface area contributed by atoms with Gasteiger partial charge in [0.2, 0.25) is 0 Å². The van der Waals surface area contributed by atoms with Crippen molar-refractivity contribution >= 4 is 28.4 Å². The van der Waals surface area contributed by atoms with Gasteiger partial charge in [-0.25, -0.2) is 0 Å². The third kappa shape index (κ3) is 2.23. The Hall–Kier alpha value is -1.22. The molecule has 1 aromatic heterocycles. The third-order valence-corrected chi connectivity index (χ3v) is 2.34. The molecule has 0 amide bonds. The molecule has 0 aliphatic carbocycles. The zero-order valence-electron chi connectivity index (χ0n) is 8.75. The van der Waals surface area contributed by atoms with Crippen molar-refractivity contribution in [3.8, 4) is 0 Å². The minimum absolute atomic E-state index is 0.566. The standard InChI is InChI=1S/C11H13ClN2O/c1-7(2)6-13-11-9-5-8(12)3-4-10(9)15-14-11/h3-5,7H,6H2,1-2H3,(H,13,14). The maximum absolute atomic E-state index is 5.91. The lowest BCUT2D eigenvalue weighted by molar-refractivity contribution is 0.458. The van der Waals surface area contributed by atoms with Crippen LogP contribution in [0.4, 0.5) is 5.82 Å². The molecular formula is C11H13ClN2O. The molecular weight excluding hydrogens is 212 g/mol. The maximum Gasteiger partial charge on any atom is 0.177 e. The van der Waals surface area contributed by atoms with Gasteiger partial charge in [-0.2, -0.15) is 0 Å². The van der Waals surface area contributed by atoms with Crippen molar-refractivity contribution in [1.82, 2.24) is 5.16 Å². The van der Waals surface area contributed by atoms with Gasteiger partial charge in [0.1, 0.15) is 0 Å². The van der Waals surface area contributed by atoms with Gasteiger partial charge in [-0.15, -0.1) is 0 Å². The molecule has 2 rings (SSSR count). The molecule has 0 aliphatic heterocycles. The highest BCUT2D eigenvalue weighted by Gasteiger charge is 2.08. The molecule has 0 spiro atoms. The molecule has 0 unspecified atom stereocenters. The smallest absolute Gasteiger partial charge is 0.177 e. The van der Waals surface area contributed by atoms with E-state index in [1.165, 1.54) is 0 Å². The quantitative estimate of drug-likeness (QED) is 0.867. The number of nitrogens with one attached hydrogen (secondary N) is 1. The summed E-state index contributed by atoms with van der Waals surface area (Å²) in [6.07, 6.45) is 0. The Morgan fingerprint density at radius 1 is 1.47 bits per heavy atom. The predicted octanol–water partition coefficient (Wildman–Crippen LogP) is 3.55. The van der Waals surface area contributed by atoms with E-state index in [0.29, 0.717) is 10.9 Å². The van der Waals surface area contributed by atoms with Crippen LogP contribution in [0.3, 0.4) is 0 Å². The number of hydrogen-bond acceptors (Lipinski definition) is 3. The fourth-order valence-corrected chi connectivity index (χ4v) is 1.51. The molecule has 2 aromatic rings. The van der Waals surface area contributed by atoms with Crippen molar-refractivity contribution < 1.29 is 4.52 Å². The van der Waals surface area contributed by atoms with Crippen molar-refractivity contribution in [3.63, 3.8) is 0 Å². The van der Waals surface area contributed by atoms with Crippen LogP contribution >= 0.6 is 11.6 Å². The van der Waals surface area contributed by atoms with Crippen LogP contribution in [-0.4, -0.2) is 11.7 Å². The molecule has 0 atom stereocenters. The van der Waals surface area contributed by atoms with Crippen LogP contribution < -0.4 is 5.32 Å². The molecule has 1 N–H and O–H groups in total. The Morgan fingerprint density at radius 2 is 2.27 bits per heavy atom. The normalized spacial score (nSPS) is 11.2. The van der Waals surface area contributed by atoms with Crippen LogP contribution in [0.25, 0.3) is 11.0 Å². The van der Waals surface area contributed by atoms with Gasteiger partial charge in [-0.1, -0.05) is 30.6 Å². The highest BCUT2D eigenvalue weighted by atomic mass is 35.5. The zero-order valence-corrected chi connectivity index (χ0v) is 9.51. The Morgan fingerprint density at radius 3 is 3.00 bits per heavy atom. The van der Waals surface area contributed by atoms with Gasteiger partial charge in [0.15, 0.2) is 11.4 Å². The van der Waals surface area contributed by atoms with Gasteiger partial charge in [-0.3, -0.25) is 0 Å². The van der Waals surface area contributed by atoms with Gasteiger partial charge in [0, 0.05) is 11.6 Å². The first-order chi connectivity index (χ1) is 7.16. The molecule has 0 fully saturated rings. The van der Waals surface area contributed by atoms with E-state index < -0.39 is 0 Å². The van der Waals surface area contributed by atoms with Crippen molar-refractivity contribution in [1.29, 1.82) is 0 Å². The molecule has 4 heteroatoms. The highest BCUT2D eigenvalue weighted by Crippen LogP contribution is 2.25. The van der Waals surface area contributed by atoms with Crippen LogP contribution in [0.5, 0.6) is 0 Å². The van der Waals surface area contributed by atoms with Gasteiger partial charge in [0.25, 0.3) is 0 Å². The number of halogens is 1. The van der Waals surface area contributed by atoms with Gasteiger partial charge >= 0.3 is 0 Å². The molecule has 0 bridgehead atoms. The molecule has 3 nitrogen and oxygen atoms in total. The largest absolute Gasteiger partial charge is 0.366 e. The summed E-state index contributed by atoms with van der Waals surface area (Å²) in [6.45, 7) is 5.15. The second-order valence-electron chi connectivity index (χ2n) is 3.95. The zero-order chi connectivity index (χ0) is 10.8. The summed E-state index contributed by atoms with van der Waals surface area (Å²) in [7, 11) is 0. The lowest BCUT2D eigenvalue weighted by Crippen LogP contribution is -2.08. The summed E-state index contributed by atoms with van der Waals surface area (Å²) in [5, 5.41) is 8.82. The number of fused-ring (bicyclic) bond motifs is 1. The van der Waals surface area contributed by atoms with Crippen molar-refractivity contribution in [2.75, 3.05) is 11.9 Å². The van der Waals surface area contributed by atoms with E-state index in [4.69, 9.17) is 16.1 Å². The Balaban J connectivity index is 2.31. The lowest BCUT2D eigenvalue weighted by Gasteiger charge is -2.04. The fraction of sp³-hybridized carbons (Fsp3) is 0.364. The van der Waals surface area contributed by atoms with E-state index in [1.54, 1.807) is 6.07 Å². The predicted molar refractivity (Wildman–Crippen MR) is 62.3 cm³/mol. The second-order valence-corrected chi connectivity index (χ2v) is 4.38. The number of benzene rings is 1. The highest BCUT2D eigenvalue weighted by molar-refractivity contribution is 6.31. The second kappa shape index (κ2) is 4.11. The van der Waals surface area contributed by atoms with Crippen LogP contribution in [0.2, 0.25) is 5.02 Å². The van der Waals surface area contributed by atoms with E-state index in [9.17, 15) is 0 Å². The molecule has 15 heavy (non-hydrogen) atoms. The van der Waals surface area contributed by atoms with Crippen molar-refractivity contribution in [2.45, 2.75) is 13.8 Å². The van der Waals surface area contributed by atoms with Crippen LogP contribution in [0, 0.1) is 5.92 Å². The average molecular weight is 225 g/mol. The van der Waals surface area contributed by atoms with E-state index in [0.717, 1.165) is 23.3 Å². The summed E-state index contributed by atoms with van der Waals surface area (Å²) in [5.41, 5.74) is 0.755. The summed E-state index contributed by atoms with van der Waals surface area (Å²) in [5.74, 6) is 1.33. The molecule has 80 valence electrons. The first kappa shape index (κ1) is 10.3. The molecule has 1 heterocycles. The third-order valence-electron chi connectivity index (χ3n) is 2.11. The van der Waals surface area contributed by atoms with Gasteiger partial charge < -0.3 is 9.84 Å². The number of rotatable bonds is 3. The minimum atomic E-state index is 0.566.